The summed E-state index contributed by atoms with van der Waals surface area (Å²) >= 11 is 0. The van der Waals surface area contributed by atoms with Crippen molar-refractivity contribution in [1.29, 1.82) is 0 Å². The van der Waals surface area contributed by atoms with E-state index in [9.17, 15) is 9.18 Å². The van der Waals surface area contributed by atoms with Gasteiger partial charge in [-0.05, 0) is 72.1 Å². The van der Waals surface area contributed by atoms with E-state index in [1.807, 2.05) is 24.3 Å². The van der Waals surface area contributed by atoms with Gasteiger partial charge < -0.3 is 16.4 Å². The van der Waals surface area contributed by atoms with Gasteiger partial charge in [0.05, 0.1) is 0 Å². The monoisotopic (exact) mass is 451 g/mol. The maximum Gasteiger partial charge on any atom is 0.319 e. The Morgan fingerprint density at radius 1 is 1.00 bits per heavy atom. The first-order chi connectivity index (χ1) is 16.6. The fourth-order valence-electron chi connectivity index (χ4n) is 3.26. The van der Waals surface area contributed by atoms with Crippen LogP contribution >= 0.6 is 0 Å². The van der Waals surface area contributed by atoms with Gasteiger partial charge in [0.2, 0.25) is 0 Å². The topological polar surface area (TPSA) is 92.9 Å². The standard InChI is InChI=1S/C27H22FN5O/c28-23-8-4-19(5-9-23)3-6-21-16-24(10-11-25(21)22-7-12-26(29)32-18-22)33-27(34)31-15-13-20-2-1-14-30-17-20/h1-2,4-5,7-12,14,16-18H,13,15H2,(H2,29,32)(H2,31,33,34). The Balaban J connectivity index is 1.53. The van der Waals surface area contributed by atoms with Crippen molar-refractivity contribution < 1.29 is 9.18 Å². The molecule has 2 heterocycles. The number of rotatable bonds is 5. The van der Waals surface area contributed by atoms with E-state index in [0.29, 0.717) is 35.6 Å². The predicted octanol–water partition coefficient (Wildman–Crippen LogP) is 4.63. The van der Waals surface area contributed by atoms with Crippen LogP contribution in [-0.4, -0.2) is 22.5 Å². The lowest BCUT2D eigenvalue weighted by molar-refractivity contribution is 0.252. The summed E-state index contributed by atoms with van der Waals surface area (Å²) in [5, 5.41) is 5.68. The number of aromatic nitrogens is 2. The van der Waals surface area contributed by atoms with Crippen LogP contribution in [0.4, 0.5) is 20.7 Å². The Bertz CT molecular complexity index is 1330. The van der Waals surface area contributed by atoms with E-state index in [0.717, 1.165) is 16.7 Å². The number of anilines is 2. The van der Waals surface area contributed by atoms with Crippen molar-refractivity contribution in [2.24, 2.45) is 0 Å². The van der Waals surface area contributed by atoms with Gasteiger partial charge in [-0.2, -0.15) is 0 Å². The summed E-state index contributed by atoms with van der Waals surface area (Å²) in [6.07, 6.45) is 5.84. The maximum absolute atomic E-state index is 13.2. The van der Waals surface area contributed by atoms with E-state index in [2.05, 4.69) is 32.4 Å². The molecule has 0 unspecified atom stereocenters. The SMILES string of the molecule is Nc1ccc(-c2ccc(NC(=O)NCCc3cccnc3)cc2C#Cc2ccc(F)cc2)cn1. The van der Waals surface area contributed by atoms with Crippen LogP contribution in [0.25, 0.3) is 11.1 Å². The van der Waals surface area contributed by atoms with Crippen LogP contribution in [0.2, 0.25) is 0 Å². The van der Waals surface area contributed by atoms with Gasteiger partial charge in [0.15, 0.2) is 0 Å². The molecular formula is C27H22FN5O. The molecule has 0 fully saturated rings. The van der Waals surface area contributed by atoms with Gasteiger partial charge in [0, 0.05) is 47.5 Å². The summed E-state index contributed by atoms with van der Waals surface area (Å²) in [7, 11) is 0. The summed E-state index contributed by atoms with van der Waals surface area (Å²) < 4.78 is 13.2. The molecule has 0 saturated heterocycles. The molecule has 0 aliphatic carbocycles. The highest BCUT2D eigenvalue weighted by atomic mass is 19.1. The maximum atomic E-state index is 13.2. The number of urea groups is 1. The Morgan fingerprint density at radius 3 is 2.59 bits per heavy atom. The van der Waals surface area contributed by atoms with E-state index in [4.69, 9.17) is 5.73 Å². The molecule has 4 N–H and O–H groups in total. The van der Waals surface area contributed by atoms with Crippen LogP contribution in [0, 0.1) is 17.7 Å². The zero-order chi connectivity index (χ0) is 23.8. The van der Waals surface area contributed by atoms with Crippen molar-refractivity contribution >= 4 is 17.5 Å². The van der Waals surface area contributed by atoms with Gasteiger partial charge in [-0.3, -0.25) is 4.98 Å². The minimum absolute atomic E-state index is 0.316. The molecule has 2 aromatic heterocycles. The minimum Gasteiger partial charge on any atom is -0.384 e. The van der Waals surface area contributed by atoms with Crippen molar-refractivity contribution in [3.63, 3.8) is 0 Å². The Hall–Kier alpha value is -4.70. The van der Waals surface area contributed by atoms with E-state index in [-0.39, 0.29) is 11.8 Å². The number of benzene rings is 2. The molecule has 0 bridgehead atoms. The van der Waals surface area contributed by atoms with Crippen molar-refractivity contribution in [2.45, 2.75) is 6.42 Å². The van der Waals surface area contributed by atoms with Crippen LogP contribution in [-0.2, 0) is 6.42 Å². The molecule has 0 spiro atoms. The number of nitrogens with two attached hydrogens (primary N) is 1. The summed E-state index contributed by atoms with van der Waals surface area (Å²) in [6.45, 7) is 0.476. The molecule has 4 rings (SSSR count). The number of carbonyl (C=O) groups is 1. The zero-order valence-corrected chi connectivity index (χ0v) is 18.3. The molecule has 4 aromatic rings. The van der Waals surface area contributed by atoms with Crippen molar-refractivity contribution in [2.75, 3.05) is 17.6 Å². The number of hydrogen-bond acceptors (Lipinski definition) is 4. The van der Waals surface area contributed by atoms with E-state index in [1.165, 1.54) is 12.1 Å². The number of amides is 2. The summed E-state index contributed by atoms with van der Waals surface area (Å²) in [6, 6.07) is 18.5. The van der Waals surface area contributed by atoms with Gasteiger partial charge in [0.25, 0.3) is 0 Å². The number of nitrogens with one attached hydrogen (secondary N) is 2. The lowest BCUT2D eigenvalue weighted by atomic mass is 10.00. The smallest absolute Gasteiger partial charge is 0.319 e. The van der Waals surface area contributed by atoms with E-state index < -0.39 is 0 Å². The van der Waals surface area contributed by atoms with Gasteiger partial charge in [-0.1, -0.05) is 24.0 Å². The van der Waals surface area contributed by atoms with Crippen molar-refractivity contribution in [1.82, 2.24) is 15.3 Å². The second kappa shape index (κ2) is 10.7. The number of pyridine rings is 2. The van der Waals surface area contributed by atoms with Crippen molar-refractivity contribution in [3.05, 3.63) is 108 Å². The first kappa shape index (κ1) is 22.5. The second-order valence-corrected chi connectivity index (χ2v) is 7.48. The molecule has 34 heavy (non-hydrogen) atoms. The molecule has 2 aromatic carbocycles. The van der Waals surface area contributed by atoms with Gasteiger partial charge in [-0.15, -0.1) is 0 Å². The Kier molecular flexibility index (Phi) is 7.11. The predicted molar refractivity (Wildman–Crippen MR) is 131 cm³/mol. The lowest BCUT2D eigenvalue weighted by Crippen LogP contribution is -2.30. The number of carbonyl (C=O) groups excluding carboxylic acids is 1. The molecule has 0 atom stereocenters. The third kappa shape index (κ3) is 6.17. The largest absolute Gasteiger partial charge is 0.384 e. The van der Waals surface area contributed by atoms with Crippen molar-refractivity contribution in [3.8, 4) is 23.0 Å². The lowest BCUT2D eigenvalue weighted by Gasteiger charge is -2.11. The van der Waals surface area contributed by atoms with Gasteiger partial charge in [0.1, 0.15) is 11.6 Å². The molecule has 2 amide bonds. The van der Waals surface area contributed by atoms with Gasteiger partial charge in [-0.25, -0.2) is 14.2 Å². The summed E-state index contributed by atoms with van der Waals surface area (Å²) in [5.74, 6) is 6.28. The molecule has 7 heteroatoms. The summed E-state index contributed by atoms with van der Waals surface area (Å²) in [4.78, 5) is 20.6. The molecule has 0 saturated carbocycles. The average Bonchev–Trinajstić information content (AvgIpc) is 2.85. The fraction of sp³-hybridized carbons (Fsp3) is 0.0741. The second-order valence-electron chi connectivity index (χ2n) is 7.48. The third-order valence-electron chi connectivity index (χ3n) is 4.98. The first-order valence-corrected chi connectivity index (χ1v) is 10.6. The zero-order valence-electron chi connectivity index (χ0n) is 18.3. The Labute approximate surface area is 197 Å². The molecule has 6 nitrogen and oxygen atoms in total. The minimum atomic E-state index is -0.320. The van der Waals surface area contributed by atoms with E-state index in [1.54, 1.807) is 48.9 Å². The average molecular weight is 452 g/mol. The van der Waals surface area contributed by atoms with Crippen LogP contribution in [0.3, 0.4) is 0 Å². The summed E-state index contributed by atoms with van der Waals surface area (Å²) in [5.41, 5.74) is 10.4. The third-order valence-corrected chi connectivity index (χ3v) is 4.98. The molecular weight excluding hydrogens is 429 g/mol. The molecule has 0 radical (unpaired) electrons. The Morgan fingerprint density at radius 2 is 1.85 bits per heavy atom. The highest BCUT2D eigenvalue weighted by Crippen LogP contribution is 2.26. The highest BCUT2D eigenvalue weighted by molar-refractivity contribution is 5.90. The normalized spacial score (nSPS) is 10.1. The van der Waals surface area contributed by atoms with Crippen LogP contribution < -0.4 is 16.4 Å². The number of nitrogen functional groups attached to an aromatic ring is 1. The molecule has 0 aliphatic heterocycles. The number of hydrogen-bond donors (Lipinski definition) is 3. The first-order valence-electron chi connectivity index (χ1n) is 10.6. The highest BCUT2D eigenvalue weighted by Gasteiger charge is 2.08. The van der Waals surface area contributed by atoms with Crippen LogP contribution in [0.15, 0.2) is 85.3 Å². The fourth-order valence-corrected chi connectivity index (χ4v) is 3.26. The number of nitrogens with zero attached hydrogens (tertiary/aromatic N) is 2. The van der Waals surface area contributed by atoms with Crippen LogP contribution in [0.1, 0.15) is 16.7 Å². The number of halogens is 1. The van der Waals surface area contributed by atoms with Crippen LogP contribution in [0.5, 0.6) is 0 Å². The molecule has 0 aliphatic rings. The quantitative estimate of drug-likeness (QED) is 0.386. The van der Waals surface area contributed by atoms with Gasteiger partial charge >= 0.3 is 6.03 Å². The van der Waals surface area contributed by atoms with E-state index >= 15 is 0 Å². The molecule has 168 valence electrons.